The Morgan fingerprint density at radius 3 is 2.27 bits per heavy atom. The number of likely N-dealkylation sites (N-methyl/N-ethyl adjacent to an activating group) is 1. The molecule has 0 spiro atoms. The van der Waals surface area contributed by atoms with Gasteiger partial charge < -0.3 is 23.9 Å². The van der Waals surface area contributed by atoms with Gasteiger partial charge in [-0.3, -0.25) is 9.59 Å². The molecule has 1 amide bonds. The summed E-state index contributed by atoms with van der Waals surface area (Å²) >= 11 is 12.1. The van der Waals surface area contributed by atoms with Crippen molar-refractivity contribution in [1.82, 2.24) is 5.32 Å². The lowest BCUT2D eigenvalue weighted by molar-refractivity contribution is -0.845. The van der Waals surface area contributed by atoms with Crippen LogP contribution in [0.2, 0.25) is 15.9 Å². The largest absolute Gasteiger partial charge is 0.600 e. The number of halogens is 2. The maximum atomic E-state index is 13.4. The Hall–Kier alpha value is -3.08. The molecule has 2 aromatic rings. The summed E-state index contributed by atoms with van der Waals surface area (Å²) in [6, 6.07) is 12.9. The van der Waals surface area contributed by atoms with Crippen LogP contribution in [0.5, 0.6) is 0 Å². The number of rotatable bonds is 9. The van der Waals surface area contributed by atoms with E-state index in [2.05, 4.69) is 5.32 Å². The highest BCUT2D eigenvalue weighted by Crippen LogP contribution is 2.52. The van der Waals surface area contributed by atoms with Crippen molar-refractivity contribution >= 4 is 59.2 Å². The number of nitrogens with zero attached hydrogens (tertiary/aromatic N) is 2. The Balaban J connectivity index is 1.38. The van der Waals surface area contributed by atoms with Gasteiger partial charge in [0.15, 0.2) is 12.1 Å². The molecule has 2 aromatic carbocycles. The van der Waals surface area contributed by atoms with Gasteiger partial charge in [0.1, 0.15) is 5.78 Å². The number of para-hydroxylation sites is 1. The predicted molar refractivity (Wildman–Crippen MR) is 152 cm³/mol. The normalized spacial score (nSPS) is 27.7. The van der Waals surface area contributed by atoms with Crippen molar-refractivity contribution < 1.29 is 32.9 Å². The summed E-state index contributed by atoms with van der Waals surface area (Å²) in [4.78, 5) is 54.8. The third kappa shape index (κ3) is 4.76. The average molecular weight is 588 g/mol. The molecule has 1 N–H and O–H groups in total. The minimum absolute atomic E-state index is 0.0101. The molecule has 0 radical (unpaired) electrons. The van der Waals surface area contributed by atoms with E-state index in [0.717, 1.165) is 5.69 Å². The van der Waals surface area contributed by atoms with Gasteiger partial charge in [-0.25, -0.2) is 9.59 Å². The number of benzene rings is 2. The molecule has 0 aromatic heterocycles. The first-order chi connectivity index (χ1) is 19.0. The summed E-state index contributed by atoms with van der Waals surface area (Å²) in [5, 5.41) is 3.18. The maximum absolute atomic E-state index is 13.4. The van der Waals surface area contributed by atoms with E-state index in [0.29, 0.717) is 24.5 Å². The number of anilines is 1. The quantitative estimate of drug-likeness (QED) is 0.445. The zero-order chi connectivity index (χ0) is 28.8. The maximum Gasteiger partial charge on any atom is 0.587 e. The fraction of sp³-hybridized carbons (Fsp3) is 0.429. The number of nitrogens with one attached hydrogen (secondary N) is 1. The van der Waals surface area contributed by atoms with Crippen LogP contribution >= 0.6 is 23.2 Å². The van der Waals surface area contributed by atoms with Gasteiger partial charge in [0.25, 0.3) is 5.91 Å². The third-order valence-corrected chi connectivity index (χ3v) is 9.18. The predicted octanol–water partition coefficient (Wildman–Crippen LogP) is 3.86. The first-order valence-electron chi connectivity index (χ1n) is 13.5. The van der Waals surface area contributed by atoms with Crippen molar-refractivity contribution in [3.8, 4) is 0 Å². The van der Waals surface area contributed by atoms with Crippen LogP contribution < -0.4 is 10.2 Å². The summed E-state index contributed by atoms with van der Waals surface area (Å²) in [5.41, 5.74) is 1.08. The molecule has 0 bridgehead atoms. The molecule has 212 valence electrons. The molecule has 0 unspecified atom stereocenters. The zero-order valence-corrected chi connectivity index (χ0v) is 24.2. The van der Waals surface area contributed by atoms with Gasteiger partial charge in [-0.15, -0.1) is 0 Å². The van der Waals surface area contributed by atoms with Crippen LogP contribution in [-0.4, -0.2) is 73.5 Å². The van der Waals surface area contributed by atoms with Crippen molar-refractivity contribution in [2.24, 2.45) is 5.92 Å². The molecule has 12 heteroatoms. The van der Waals surface area contributed by atoms with Crippen LogP contribution in [0.15, 0.2) is 48.5 Å². The number of Topliss-reactive ketones (excluding diaryl/α,β-unsaturated/α-hetero) is 1. The monoisotopic (exact) mass is 587 g/mol. The van der Waals surface area contributed by atoms with Crippen molar-refractivity contribution in [2.75, 3.05) is 31.6 Å². The zero-order valence-electron chi connectivity index (χ0n) is 22.6. The number of quaternary nitrogens is 1. The van der Waals surface area contributed by atoms with Gasteiger partial charge in [-0.1, -0.05) is 61.7 Å². The summed E-state index contributed by atoms with van der Waals surface area (Å²) in [6.07, 6.45) is 0.466. The fourth-order valence-electron chi connectivity index (χ4n) is 6.72. The summed E-state index contributed by atoms with van der Waals surface area (Å²) in [6.45, 7) is 1.96. The van der Waals surface area contributed by atoms with Crippen molar-refractivity contribution in [3.05, 3.63) is 64.1 Å². The van der Waals surface area contributed by atoms with Crippen LogP contribution in [0.1, 0.15) is 37.0 Å². The van der Waals surface area contributed by atoms with Crippen molar-refractivity contribution in [3.63, 3.8) is 0 Å². The number of carbonyl (C=O) groups excluding carboxylic acids is 4. The topological polar surface area (TPSA) is 102 Å². The van der Waals surface area contributed by atoms with E-state index in [1.165, 1.54) is 12.1 Å². The Morgan fingerprint density at radius 1 is 1.05 bits per heavy atom. The second-order valence-electron chi connectivity index (χ2n) is 11.5. The second-order valence-corrected chi connectivity index (χ2v) is 12.4. The lowest BCUT2D eigenvalue weighted by Gasteiger charge is -2.54. The molecule has 3 aliphatic rings. The first kappa shape index (κ1) is 28.5. The Kier molecular flexibility index (Phi) is 7.63. The SMILES string of the molecule is CC(C)C[C@H](CC(=O)CNC(=O)c1cc(Cl)ccc1Cl)[B-]12OC(=O)[C@@H]3CN(c4ccccc4)C[C@@H](C(=O)O1)[N+]32C. The number of ketones is 1. The Morgan fingerprint density at radius 2 is 1.68 bits per heavy atom. The van der Waals surface area contributed by atoms with E-state index in [1.807, 2.05) is 56.1 Å². The first-order valence-corrected chi connectivity index (χ1v) is 14.2. The van der Waals surface area contributed by atoms with Gasteiger partial charge in [-0.2, -0.15) is 0 Å². The van der Waals surface area contributed by atoms with Gasteiger partial charge >= 0.3 is 18.6 Å². The molecule has 40 heavy (non-hydrogen) atoms. The molecule has 0 saturated carbocycles. The van der Waals surface area contributed by atoms with Crippen molar-refractivity contribution in [1.29, 1.82) is 0 Å². The Bertz CT molecular complexity index is 1330. The number of hydrogen-bond donors (Lipinski definition) is 1. The molecule has 9 nitrogen and oxygen atoms in total. The highest BCUT2D eigenvalue weighted by molar-refractivity contribution is 6.68. The third-order valence-electron chi connectivity index (χ3n) is 8.62. The van der Waals surface area contributed by atoms with Gasteiger partial charge in [0, 0.05) is 17.8 Å². The Labute approximate surface area is 243 Å². The molecule has 3 aliphatic heterocycles. The molecular formula is C28H32BCl2N3O6. The van der Waals surface area contributed by atoms with Gasteiger partial charge in [0.2, 0.25) is 0 Å². The highest BCUT2D eigenvalue weighted by atomic mass is 35.5. The number of piperazine rings is 1. The number of hydrogen-bond acceptors (Lipinski definition) is 7. The molecule has 3 atom stereocenters. The molecule has 3 heterocycles. The smallest absolute Gasteiger partial charge is 0.587 e. The molecular weight excluding hydrogens is 556 g/mol. The second kappa shape index (κ2) is 10.7. The van der Waals surface area contributed by atoms with Crippen LogP contribution in [0, 0.1) is 5.92 Å². The summed E-state index contributed by atoms with van der Waals surface area (Å²) < 4.78 is 12.2. The fourth-order valence-corrected chi connectivity index (χ4v) is 7.10. The molecule has 3 saturated heterocycles. The summed E-state index contributed by atoms with van der Waals surface area (Å²) in [5.74, 6) is -2.07. The minimum Gasteiger partial charge on any atom is -0.600 e. The summed E-state index contributed by atoms with van der Waals surface area (Å²) in [7, 11) is 1.86. The van der Waals surface area contributed by atoms with E-state index in [1.54, 1.807) is 6.07 Å². The highest BCUT2D eigenvalue weighted by Gasteiger charge is 2.77. The molecule has 5 rings (SSSR count). The van der Waals surface area contributed by atoms with E-state index >= 15 is 0 Å². The van der Waals surface area contributed by atoms with Crippen molar-refractivity contribution in [2.45, 2.75) is 44.6 Å². The average Bonchev–Trinajstić information content (AvgIpc) is 3.28. The molecule has 3 fully saturated rings. The lowest BCUT2D eigenvalue weighted by atomic mass is 9.51. The van der Waals surface area contributed by atoms with Crippen LogP contribution in [0.3, 0.4) is 0 Å². The van der Waals surface area contributed by atoms with Gasteiger partial charge in [0.05, 0.1) is 30.2 Å². The van der Waals surface area contributed by atoms with E-state index < -0.39 is 42.4 Å². The van der Waals surface area contributed by atoms with Gasteiger partial charge in [-0.05, 0) is 48.5 Å². The van der Waals surface area contributed by atoms with E-state index in [9.17, 15) is 19.2 Å². The van der Waals surface area contributed by atoms with E-state index in [-0.39, 0.29) is 39.6 Å². The standard InChI is InChI=1S/C28H32BCl2N3O6/c1-17(2)11-18(12-21(35)14-32-26(36)22-13-19(30)9-10-23(22)31)29-34(3)24(27(37)39-29)15-33(16-25(34)28(38)40-29)20-7-5-4-6-8-20/h4-10,13,17-18,24-25H,11-12,14-16H2,1-3H3,(H,32,36)/t18-,24+,25+,29?,34?/m1/s1. The van der Waals surface area contributed by atoms with Crippen LogP contribution in [0.25, 0.3) is 0 Å². The van der Waals surface area contributed by atoms with Crippen LogP contribution in [-0.2, 0) is 23.7 Å². The number of amides is 1. The minimum atomic E-state index is -2.52. The number of carbonyl (C=O) groups is 4. The van der Waals surface area contributed by atoms with E-state index in [4.69, 9.17) is 32.5 Å². The lowest BCUT2D eigenvalue weighted by Crippen LogP contribution is -2.74. The molecule has 0 aliphatic carbocycles. The van der Waals surface area contributed by atoms with Crippen LogP contribution in [0.4, 0.5) is 5.69 Å².